The van der Waals surface area contributed by atoms with Gasteiger partial charge in [-0.1, -0.05) is 24.3 Å². The molecule has 28 heavy (non-hydrogen) atoms. The van der Waals surface area contributed by atoms with Crippen LogP contribution >= 0.6 is 0 Å². The first-order valence-corrected chi connectivity index (χ1v) is 8.68. The number of hydrogen-bond donors (Lipinski definition) is 1. The third-order valence-electron chi connectivity index (χ3n) is 4.34. The Morgan fingerprint density at radius 2 is 1.64 bits per heavy atom. The van der Waals surface area contributed by atoms with Crippen LogP contribution in [0.25, 0.3) is 22.6 Å². The van der Waals surface area contributed by atoms with Crippen molar-refractivity contribution in [1.82, 2.24) is 4.98 Å². The number of hydrogen-bond acceptors (Lipinski definition) is 5. The van der Waals surface area contributed by atoms with Crippen molar-refractivity contribution in [2.75, 3.05) is 19.5 Å². The number of fused-ring (bicyclic) bond motifs is 1. The number of nitrogens with zero attached hydrogens (tertiary/aromatic N) is 1. The van der Waals surface area contributed by atoms with Crippen LogP contribution in [0.15, 0.2) is 71.1 Å². The fourth-order valence-corrected chi connectivity index (χ4v) is 2.97. The van der Waals surface area contributed by atoms with E-state index in [0.29, 0.717) is 39.7 Å². The van der Waals surface area contributed by atoms with Gasteiger partial charge in [-0.05, 0) is 36.4 Å². The molecule has 0 aliphatic rings. The summed E-state index contributed by atoms with van der Waals surface area (Å²) in [7, 11) is 3.14. The zero-order valence-corrected chi connectivity index (χ0v) is 15.4. The molecular formula is C22H18N2O4. The number of nitrogens with one attached hydrogen (secondary N) is 1. The van der Waals surface area contributed by atoms with Crippen molar-refractivity contribution in [1.29, 1.82) is 0 Å². The number of methoxy groups -OCH3 is 2. The second kappa shape index (κ2) is 7.44. The number of ether oxygens (including phenoxy) is 2. The maximum Gasteiger partial charge on any atom is 0.259 e. The largest absolute Gasteiger partial charge is 0.496 e. The number of amides is 1. The molecule has 4 rings (SSSR count). The minimum atomic E-state index is -0.263. The molecule has 0 saturated heterocycles. The molecule has 0 aliphatic carbocycles. The van der Waals surface area contributed by atoms with Gasteiger partial charge in [0.2, 0.25) is 5.89 Å². The van der Waals surface area contributed by atoms with Gasteiger partial charge in [0.1, 0.15) is 17.0 Å². The lowest BCUT2D eigenvalue weighted by Gasteiger charge is -2.08. The number of rotatable bonds is 5. The summed E-state index contributed by atoms with van der Waals surface area (Å²) in [6, 6.07) is 19.9. The van der Waals surface area contributed by atoms with Gasteiger partial charge in [-0.15, -0.1) is 0 Å². The van der Waals surface area contributed by atoms with Gasteiger partial charge in [0.15, 0.2) is 5.58 Å². The maximum absolute atomic E-state index is 12.6. The van der Waals surface area contributed by atoms with Gasteiger partial charge in [-0.3, -0.25) is 4.79 Å². The second-order valence-electron chi connectivity index (χ2n) is 6.06. The molecule has 0 saturated carbocycles. The lowest BCUT2D eigenvalue weighted by molar-refractivity contribution is 0.102. The Morgan fingerprint density at radius 3 is 2.43 bits per heavy atom. The van der Waals surface area contributed by atoms with E-state index < -0.39 is 0 Å². The van der Waals surface area contributed by atoms with Crippen LogP contribution in [0, 0.1) is 0 Å². The van der Waals surface area contributed by atoms with E-state index in [2.05, 4.69) is 10.3 Å². The Balaban J connectivity index is 1.64. The number of carbonyl (C=O) groups excluding carboxylic acids is 1. The SMILES string of the molecule is COc1ccccc1C(=O)Nc1ccc2nc(-c3ccccc3OC)oc2c1. The first kappa shape index (κ1) is 17.6. The Morgan fingerprint density at radius 1 is 0.929 bits per heavy atom. The quantitative estimate of drug-likeness (QED) is 0.545. The van der Waals surface area contributed by atoms with Gasteiger partial charge in [-0.2, -0.15) is 0 Å². The Labute approximate surface area is 161 Å². The molecule has 0 unspecified atom stereocenters. The topological polar surface area (TPSA) is 73.6 Å². The highest BCUT2D eigenvalue weighted by atomic mass is 16.5. The van der Waals surface area contributed by atoms with Gasteiger partial charge in [0.05, 0.1) is 25.3 Å². The summed E-state index contributed by atoms with van der Waals surface area (Å²) >= 11 is 0. The molecule has 0 spiro atoms. The molecule has 1 aromatic heterocycles. The molecule has 0 fully saturated rings. The highest BCUT2D eigenvalue weighted by Crippen LogP contribution is 2.32. The molecule has 6 nitrogen and oxygen atoms in total. The van der Waals surface area contributed by atoms with Crippen LogP contribution in [0.5, 0.6) is 11.5 Å². The van der Waals surface area contributed by atoms with Crippen LogP contribution in [-0.4, -0.2) is 25.1 Å². The average Bonchev–Trinajstić information content (AvgIpc) is 3.16. The lowest BCUT2D eigenvalue weighted by Crippen LogP contribution is -2.12. The van der Waals surface area contributed by atoms with E-state index in [4.69, 9.17) is 13.9 Å². The third-order valence-corrected chi connectivity index (χ3v) is 4.34. The average molecular weight is 374 g/mol. The number of para-hydroxylation sites is 2. The normalized spacial score (nSPS) is 10.6. The minimum Gasteiger partial charge on any atom is -0.496 e. The zero-order chi connectivity index (χ0) is 19.5. The van der Waals surface area contributed by atoms with E-state index in [0.717, 1.165) is 5.56 Å². The Hall–Kier alpha value is -3.80. The molecular weight excluding hydrogens is 356 g/mol. The fourth-order valence-electron chi connectivity index (χ4n) is 2.97. The van der Waals surface area contributed by atoms with E-state index in [1.807, 2.05) is 30.3 Å². The first-order chi connectivity index (χ1) is 13.7. The van der Waals surface area contributed by atoms with E-state index in [-0.39, 0.29) is 5.91 Å². The fraction of sp³-hybridized carbons (Fsp3) is 0.0909. The number of benzene rings is 3. The first-order valence-electron chi connectivity index (χ1n) is 8.68. The highest BCUT2D eigenvalue weighted by molar-refractivity contribution is 6.06. The van der Waals surface area contributed by atoms with Crippen molar-refractivity contribution in [3.63, 3.8) is 0 Å². The summed E-state index contributed by atoms with van der Waals surface area (Å²) in [5.41, 5.74) is 3.08. The van der Waals surface area contributed by atoms with Crippen LogP contribution in [0.2, 0.25) is 0 Å². The number of oxazole rings is 1. The summed E-state index contributed by atoms with van der Waals surface area (Å²) in [5, 5.41) is 2.87. The van der Waals surface area contributed by atoms with Crippen molar-refractivity contribution < 1.29 is 18.7 Å². The zero-order valence-electron chi connectivity index (χ0n) is 15.4. The summed E-state index contributed by atoms with van der Waals surface area (Å²) < 4.78 is 16.5. The van der Waals surface area contributed by atoms with Crippen LogP contribution in [0.3, 0.4) is 0 Å². The minimum absolute atomic E-state index is 0.263. The van der Waals surface area contributed by atoms with Crippen molar-refractivity contribution in [2.24, 2.45) is 0 Å². The summed E-state index contributed by atoms with van der Waals surface area (Å²) in [5.74, 6) is 1.39. The summed E-state index contributed by atoms with van der Waals surface area (Å²) in [4.78, 5) is 17.1. The van der Waals surface area contributed by atoms with Crippen molar-refractivity contribution in [3.8, 4) is 23.0 Å². The van der Waals surface area contributed by atoms with Crippen LogP contribution < -0.4 is 14.8 Å². The van der Waals surface area contributed by atoms with Gasteiger partial charge in [0, 0.05) is 11.8 Å². The smallest absolute Gasteiger partial charge is 0.259 e. The Bertz CT molecular complexity index is 1150. The second-order valence-corrected chi connectivity index (χ2v) is 6.06. The molecule has 1 N–H and O–H groups in total. The molecule has 1 heterocycles. The maximum atomic E-state index is 12.6. The predicted molar refractivity (Wildman–Crippen MR) is 107 cm³/mol. The highest BCUT2D eigenvalue weighted by Gasteiger charge is 2.15. The monoisotopic (exact) mass is 374 g/mol. The summed E-state index contributed by atoms with van der Waals surface area (Å²) in [6.45, 7) is 0. The molecule has 6 heteroatoms. The van der Waals surface area contributed by atoms with Crippen LogP contribution in [0.1, 0.15) is 10.4 Å². The Kier molecular flexibility index (Phi) is 4.68. The van der Waals surface area contributed by atoms with E-state index >= 15 is 0 Å². The number of carbonyl (C=O) groups is 1. The standard InChI is InChI=1S/C22H18N2O4/c1-26-18-9-5-3-7-15(18)21(25)23-14-11-12-17-20(13-14)28-22(24-17)16-8-4-6-10-19(16)27-2/h3-13H,1-2H3,(H,23,25). The van der Waals surface area contributed by atoms with Gasteiger partial charge >= 0.3 is 0 Å². The van der Waals surface area contributed by atoms with Crippen molar-refractivity contribution >= 4 is 22.7 Å². The molecule has 0 atom stereocenters. The number of aromatic nitrogens is 1. The molecule has 0 radical (unpaired) electrons. The molecule has 1 amide bonds. The van der Waals surface area contributed by atoms with Crippen molar-refractivity contribution in [3.05, 3.63) is 72.3 Å². The lowest BCUT2D eigenvalue weighted by atomic mass is 10.2. The van der Waals surface area contributed by atoms with Crippen LogP contribution in [-0.2, 0) is 0 Å². The summed E-state index contributed by atoms with van der Waals surface area (Å²) in [6.07, 6.45) is 0. The van der Waals surface area contributed by atoms with Crippen LogP contribution in [0.4, 0.5) is 5.69 Å². The molecule has 3 aromatic carbocycles. The predicted octanol–water partition coefficient (Wildman–Crippen LogP) is 4.76. The number of anilines is 1. The molecule has 0 bridgehead atoms. The van der Waals surface area contributed by atoms with Gasteiger partial charge < -0.3 is 19.2 Å². The molecule has 0 aliphatic heterocycles. The van der Waals surface area contributed by atoms with Crippen molar-refractivity contribution in [2.45, 2.75) is 0 Å². The van der Waals surface area contributed by atoms with Gasteiger partial charge in [0.25, 0.3) is 5.91 Å². The van der Waals surface area contributed by atoms with E-state index in [1.54, 1.807) is 43.5 Å². The van der Waals surface area contributed by atoms with E-state index in [9.17, 15) is 4.79 Å². The third kappa shape index (κ3) is 3.27. The molecule has 140 valence electrons. The molecule has 4 aromatic rings. The van der Waals surface area contributed by atoms with Gasteiger partial charge in [-0.25, -0.2) is 4.98 Å². The van der Waals surface area contributed by atoms with E-state index in [1.165, 1.54) is 7.11 Å².